The summed E-state index contributed by atoms with van der Waals surface area (Å²) in [6.45, 7) is 0. The molecule has 0 spiro atoms. The van der Waals surface area contributed by atoms with Crippen LogP contribution in [0.15, 0.2) is 0 Å². The topological polar surface area (TPSA) is 187 Å². The Morgan fingerprint density at radius 2 is 0.923 bits per heavy atom. The molecule has 0 saturated heterocycles. The van der Waals surface area contributed by atoms with E-state index in [2.05, 4.69) is 2.84 Å². The molecule has 0 saturated carbocycles. The molecule has 0 bridgehead atoms. The number of hydrogen-bond donors (Lipinski definition) is 0. The molecule has 0 aliphatic heterocycles. The monoisotopic (exact) mass is 298 g/mol. The zero-order chi connectivity index (χ0) is 7.71. The van der Waals surface area contributed by atoms with Crippen LogP contribution < -0.4 is 67.4 Å². The number of rotatable bonds is 2. The summed E-state index contributed by atoms with van der Waals surface area (Å²) in [7, 11) is 0. The molecule has 4 N–H and O–H groups in total. The van der Waals surface area contributed by atoms with Crippen molar-refractivity contribution in [1.82, 2.24) is 0 Å². The van der Waals surface area contributed by atoms with Gasteiger partial charge in [-0.2, -0.15) is 0 Å². The molecule has 0 amide bonds. The van der Waals surface area contributed by atoms with Gasteiger partial charge in [0.05, 0.1) is 0 Å². The van der Waals surface area contributed by atoms with Crippen molar-refractivity contribution in [3.05, 3.63) is 0 Å². The molecular formula is H4Cr2Na2O9. The Morgan fingerprint density at radius 1 is 0.769 bits per heavy atom. The van der Waals surface area contributed by atoms with Gasteiger partial charge in [-0.1, -0.05) is 0 Å². The first-order chi connectivity index (χ1) is 3.71. The van der Waals surface area contributed by atoms with Crippen LogP contribution >= 0.6 is 0 Å². The van der Waals surface area contributed by atoms with Gasteiger partial charge in [-0.15, -0.1) is 0 Å². The summed E-state index contributed by atoms with van der Waals surface area (Å²) >= 11 is -12.1. The summed E-state index contributed by atoms with van der Waals surface area (Å²) in [5.74, 6) is 0. The van der Waals surface area contributed by atoms with Gasteiger partial charge in [0, 0.05) is 0 Å². The van der Waals surface area contributed by atoms with Crippen LogP contribution in [0.5, 0.6) is 0 Å². The Morgan fingerprint density at radius 3 is 0.923 bits per heavy atom. The third-order valence-corrected chi connectivity index (χ3v) is 2.83. The van der Waals surface area contributed by atoms with Crippen molar-refractivity contribution in [1.29, 1.82) is 0 Å². The first kappa shape index (κ1) is 29.4. The maximum atomic E-state index is 9.38. The fourth-order valence-electron chi connectivity index (χ4n) is 0.102. The van der Waals surface area contributed by atoms with Crippen LogP contribution in [0.3, 0.4) is 0 Å². The molecule has 0 aromatic heterocycles. The van der Waals surface area contributed by atoms with Crippen molar-refractivity contribution >= 4 is 0 Å². The standard InChI is InChI=1S/2Cr.2Na.2H2O.7O/h;;;;2*1H2;;;;;;;/q;;2*+1;;;;;;;;2*-1. The van der Waals surface area contributed by atoms with Crippen LogP contribution in [0.25, 0.3) is 0 Å². The zero-order valence-electron chi connectivity index (χ0n) is 6.67. The van der Waals surface area contributed by atoms with E-state index in [9.17, 15) is 23.5 Å². The minimum atomic E-state index is -6.07. The average molecular weight is 298 g/mol. The average Bonchev–Trinajstić information content (AvgIpc) is 1.14. The van der Waals surface area contributed by atoms with Crippen molar-refractivity contribution in [3.63, 3.8) is 0 Å². The van der Waals surface area contributed by atoms with E-state index in [4.69, 9.17) is 0 Å². The molecule has 0 aliphatic carbocycles. The third kappa shape index (κ3) is 31.5. The van der Waals surface area contributed by atoms with Gasteiger partial charge in [-0.3, -0.25) is 0 Å². The van der Waals surface area contributed by atoms with E-state index < -0.39 is 27.2 Å². The van der Waals surface area contributed by atoms with Gasteiger partial charge in [0.2, 0.25) is 0 Å². The first-order valence-corrected chi connectivity index (χ1v) is 5.50. The quantitative estimate of drug-likeness (QED) is 0.452. The van der Waals surface area contributed by atoms with Gasteiger partial charge >= 0.3 is 113 Å². The Bertz CT molecular complexity index is 241. The zero-order valence-corrected chi connectivity index (χ0v) is 13.2. The van der Waals surface area contributed by atoms with Gasteiger partial charge < -0.3 is 11.0 Å². The predicted molar refractivity (Wildman–Crippen MR) is 11.1 cm³/mol. The molecule has 0 aromatic rings. The van der Waals surface area contributed by atoms with Crippen molar-refractivity contribution in [2.45, 2.75) is 0 Å². The molecule has 0 aliphatic rings. The van der Waals surface area contributed by atoms with Crippen LogP contribution in [-0.2, 0) is 45.3 Å². The van der Waals surface area contributed by atoms with Gasteiger partial charge in [-0.05, 0) is 0 Å². The molecule has 0 aromatic carbocycles. The molecule has 0 rings (SSSR count). The van der Waals surface area contributed by atoms with Crippen molar-refractivity contribution in [2.75, 3.05) is 0 Å². The van der Waals surface area contributed by atoms with Crippen LogP contribution in [0.4, 0.5) is 0 Å². The molecule has 0 radical (unpaired) electrons. The fourth-order valence-corrected chi connectivity index (χ4v) is 1.74. The van der Waals surface area contributed by atoms with Gasteiger partial charge in [0.15, 0.2) is 0 Å². The Labute approximate surface area is 122 Å². The van der Waals surface area contributed by atoms with E-state index in [1.807, 2.05) is 0 Å². The maximum absolute atomic E-state index is 9.38. The van der Waals surface area contributed by atoms with Crippen LogP contribution in [-0.4, -0.2) is 11.0 Å². The fraction of sp³-hybridized carbons (Fsp3) is 0. The predicted octanol–water partition coefficient (Wildman–Crippen LogP) is -10.6. The second-order valence-electron chi connectivity index (χ2n) is 0.885. The van der Waals surface area contributed by atoms with Crippen LogP contribution in [0.1, 0.15) is 0 Å². The van der Waals surface area contributed by atoms with E-state index in [0.29, 0.717) is 0 Å². The molecule has 72 valence electrons. The van der Waals surface area contributed by atoms with Gasteiger partial charge in [0.1, 0.15) is 0 Å². The minimum absolute atomic E-state index is 0. The van der Waals surface area contributed by atoms with E-state index >= 15 is 0 Å². The molecule has 13 heavy (non-hydrogen) atoms. The molecule has 0 atom stereocenters. The Hall–Kier alpha value is 2.06. The SMILES string of the molecule is O.O.[Na+].[Na+].[O]=[Cr](=[O])([O-])[O][Cr](=[O])(=[O])[O-]. The van der Waals surface area contributed by atoms with Crippen LogP contribution in [0.2, 0.25) is 0 Å². The van der Waals surface area contributed by atoms with Gasteiger partial charge in [0.25, 0.3) is 0 Å². The Balaban J connectivity index is -0.0000000533. The summed E-state index contributed by atoms with van der Waals surface area (Å²) in [5, 5.41) is 0. The number of hydrogen-bond acceptors (Lipinski definition) is 7. The Kier molecular flexibility index (Phi) is 23.9. The molecule has 0 fully saturated rings. The summed E-state index contributed by atoms with van der Waals surface area (Å²) in [5.41, 5.74) is 0. The third-order valence-electron chi connectivity index (χ3n) is 0.167. The molecule has 0 heterocycles. The van der Waals surface area contributed by atoms with Crippen LogP contribution in [0, 0.1) is 0 Å². The van der Waals surface area contributed by atoms with Crippen molar-refractivity contribution < 1.29 is 124 Å². The normalized spacial score (nSPS) is 9.38. The summed E-state index contributed by atoms with van der Waals surface area (Å²) < 4.78 is 58.9. The molecule has 13 heteroatoms. The van der Waals surface area contributed by atoms with Crippen molar-refractivity contribution in [2.24, 2.45) is 0 Å². The second-order valence-corrected chi connectivity index (χ2v) is 4.52. The summed E-state index contributed by atoms with van der Waals surface area (Å²) in [6.07, 6.45) is 0. The van der Waals surface area contributed by atoms with E-state index in [1.54, 1.807) is 0 Å². The first-order valence-electron chi connectivity index (χ1n) is 1.33. The molecular weight excluding hydrogens is 294 g/mol. The second kappa shape index (κ2) is 10.6. The molecule has 0 unspecified atom stereocenters. The molecule has 9 nitrogen and oxygen atoms in total. The van der Waals surface area contributed by atoms with E-state index in [0.717, 1.165) is 0 Å². The summed E-state index contributed by atoms with van der Waals surface area (Å²) in [4.78, 5) is 0. The van der Waals surface area contributed by atoms with E-state index in [1.165, 1.54) is 0 Å². The van der Waals surface area contributed by atoms with Crippen molar-refractivity contribution in [3.8, 4) is 0 Å². The van der Waals surface area contributed by atoms with Gasteiger partial charge in [-0.25, -0.2) is 0 Å². The van der Waals surface area contributed by atoms with E-state index in [-0.39, 0.29) is 70.1 Å². The summed E-state index contributed by atoms with van der Waals surface area (Å²) in [6, 6.07) is 0.